The van der Waals surface area contributed by atoms with E-state index in [2.05, 4.69) is 17.0 Å². The third-order valence-electron chi connectivity index (χ3n) is 4.16. The Morgan fingerprint density at radius 3 is 2.24 bits per heavy atom. The van der Waals surface area contributed by atoms with Gasteiger partial charge in [0.2, 0.25) is 10.0 Å². The summed E-state index contributed by atoms with van der Waals surface area (Å²) in [6.45, 7) is 3.17. The lowest BCUT2D eigenvalue weighted by molar-refractivity contribution is 0.106. The van der Waals surface area contributed by atoms with Gasteiger partial charge < -0.3 is 5.32 Å². The molecule has 2 unspecified atom stereocenters. The zero-order chi connectivity index (χ0) is 12.5. The van der Waals surface area contributed by atoms with Gasteiger partial charge in [-0.15, -0.1) is 0 Å². The quantitative estimate of drug-likeness (QED) is 0.795. The number of nitrogens with one attached hydrogen (secondary N) is 2. The Kier molecular flexibility index (Phi) is 4.10. The molecule has 4 nitrogen and oxygen atoms in total. The second kappa shape index (κ2) is 5.24. The monoisotopic (exact) mass is 260 g/mol. The number of hydrogen-bond donors (Lipinski definition) is 2. The van der Waals surface area contributed by atoms with E-state index < -0.39 is 10.0 Å². The molecule has 0 aliphatic heterocycles. The van der Waals surface area contributed by atoms with Crippen molar-refractivity contribution in [3.8, 4) is 0 Å². The van der Waals surface area contributed by atoms with Crippen LogP contribution in [0, 0.1) is 11.8 Å². The van der Waals surface area contributed by atoms with E-state index in [1.54, 1.807) is 0 Å². The lowest BCUT2D eigenvalue weighted by Gasteiger charge is -2.46. The second-order valence-electron chi connectivity index (χ2n) is 5.59. The molecule has 100 valence electrons. The molecule has 2 aliphatic carbocycles. The molecule has 2 saturated carbocycles. The fraction of sp³-hybridized carbons (Fsp3) is 1.00. The van der Waals surface area contributed by atoms with E-state index in [0.29, 0.717) is 17.9 Å². The highest BCUT2D eigenvalue weighted by atomic mass is 32.2. The smallest absolute Gasteiger partial charge is 0.208 e. The van der Waals surface area contributed by atoms with Crippen LogP contribution in [-0.4, -0.2) is 33.3 Å². The first-order valence-corrected chi connectivity index (χ1v) is 8.59. The minimum atomic E-state index is -3.05. The van der Waals surface area contributed by atoms with Crippen LogP contribution in [-0.2, 0) is 10.0 Å². The summed E-state index contributed by atoms with van der Waals surface area (Å²) in [5, 5.41) is 3.59. The maximum atomic E-state index is 11.3. The maximum Gasteiger partial charge on any atom is 0.208 e. The molecular formula is C12H24N2O2S. The van der Waals surface area contributed by atoms with Gasteiger partial charge >= 0.3 is 0 Å². The molecule has 2 N–H and O–H groups in total. The molecule has 0 aromatic carbocycles. The fourth-order valence-corrected chi connectivity index (χ4v) is 4.51. The van der Waals surface area contributed by atoms with Crippen LogP contribution in [0.15, 0.2) is 0 Å². The average Bonchev–Trinajstić information content (AvgIpc) is 2.17. The van der Waals surface area contributed by atoms with Crippen molar-refractivity contribution >= 4 is 10.0 Å². The van der Waals surface area contributed by atoms with Crippen LogP contribution in [0.1, 0.15) is 39.0 Å². The Bertz CT molecular complexity index is 342. The molecule has 2 fully saturated rings. The Balaban J connectivity index is 2.01. The third-order valence-corrected chi connectivity index (χ3v) is 4.92. The van der Waals surface area contributed by atoms with Gasteiger partial charge in [0, 0.05) is 12.1 Å². The summed E-state index contributed by atoms with van der Waals surface area (Å²) < 4.78 is 25.4. The normalized spacial score (nSPS) is 38.0. The van der Waals surface area contributed by atoms with Crippen LogP contribution < -0.4 is 10.0 Å². The van der Waals surface area contributed by atoms with Crippen molar-refractivity contribution in [1.82, 2.24) is 10.0 Å². The molecule has 0 saturated heterocycles. The first kappa shape index (κ1) is 13.3. The van der Waals surface area contributed by atoms with Crippen molar-refractivity contribution < 1.29 is 8.42 Å². The Morgan fingerprint density at radius 1 is 1.18 bits per heavy atom. The molecule has 2 rings (SSSR count). The van der Waals surface area contributed by atoms with Gasteiger partial charge in [-0.1, -0.05) is 13.3 Å². The molecule has 0 spiro atoms. The van der Waals surface area contributed by atoms with Gasteiger partial charge in [-0.25, -0.2) is 13.1 Å². The SMILES string of the molecule is CCNC1C2CCCC1CC(NS(C)(=O)=O)C2. The predicted octanol–water partition coefficient (Wildman–Crippen LogP) is 1.09. The lowest BCUT2D eigenvalue weighted by Crippen LogP contribution is -2.53. The highest BCUT2D eigenvalue weighted by Crippen LogP contribution is 2.40. The molecule has 17 heavy (non-hydrogen) atoms. The number of hydrogen-bond acceptors (Lipinski definition) is 3. The minimum absolute atomic E-state index is 0.162. The largest absolute Gasteiger partial charge is 0.314 e. The standard InChI is InChI=1S/C12H24N2O2S/c1-3-13-12-9-5-4-6-10(12)8-11(7-9)14-17(2,15)16/h9-14H,3-8H2,1-2H3. The van der Waals surface area contributed by atoms with E-state index in [1.807, 2.05) is 0 Å². The van der Waals surface area contributed by atoms with Crippen LogP contribution in [0.25, 0.3) is 0 Å². The molecule has 2 bridgehead atoms. The third kappa shape index (κ3) is 3.42. The molecule has 5 heteroatoms. The zero-order valence-electron chi connectivity index (χ0n) is 10.8. The van der Waals surface area contributed by atoms with E-state index in [9.17, 15) is 8.42 Å². The summed E-state index contributed by atoms with van der Waals surface area (Å²) in [6, 6.07) is 0.779. The summed E-state index contributed by atoms with van der Waals surface area (Å²) in [6.07, 6.45) is 7.07. The molecule has 2 aliphatic rings. The molecule has 0 amide bonds. The summed E-state index contributed by atoms with van der Waals surface area (Å²) >= 11 is 0. The number of sulfonamides is 1. The number of fused-ring (bicyclic) bond motifs is 2. The molecule has 0 aromatic rings. The van der Waals surface area contributed by atoms with Gasteiger partial charge in [-0.3, -0.25) is 0 Å². The van der Waals surface area contributed by atoms with Crippen molar-refractivity contribution in [1.29, 1.82) is 0 Å². The minimum Gasteiger partial charge on any atom is -0.314 e. The topological polar surface area (TPSA) is 58.2 Å². The van der Waals surface area contributed by atoms with Gasteiger partial charge in [0.1, 0.15) is 0 Å². The summed E-state index contributed by atoms with van der Waals surface area (Å²) in [4.78, 5) is 0. The first-order valence-electron chi connectivity index (χ1n) is 6.70. The summed E-state index contributed by atoms with van der Waals surface area (Å²) in [5.74, 6) is 1.31. The zero-order valence-corrected chi connectivity index (χ0v) is 11.6. The summed E-state index contributed by atoms with van der Waals surface area (Å²) in [5.41, 5.74) is 0. The van der Waals surface area contributed by atoms with E-state index in [0.717, 1.165) is 19.4 Å². The van der Waals surface area contributed by atoms with Crippen LogP contribution in [0.5, 0.6) is 0 Å². The summed E-state index contributed by atoms with van der Waals surface area (Å²) in [7, 11) is -3.05. The van der Waals surface area contributed by atoms with Crippen molar-refractivity contribution in [3.63, 3.8) is 0 Å². The van der Waals surface area contributed by atoms with Crippen LogP contribution >= 0.6 is 0 Å². The highest BCUT2D eigenvalue weighted by Gasteiger charge is 2.40. The highest BCUT2D eigenvalue weighted by molar-refractivity contribution is 7.88. The van der Waals surface area contributed by atoms with Gasteiger partial charge in [0.25, 0.3) is 0 Å². The van der Waals surface area contributed by atoms with Crippen LogP contribution in [0.3, 0.4) is 0 Å². The van der Waals surface area contributed by atoms with Crippen molar-refractivity contribution in [3.05, 3.63) is 0 Å². The first-order chi connectivity index (χ1) is 7.99. The maximum absolute atomic E-state index is 11.3. The van der Waals surface area contributed by atoms with Crippen LogP contribution in [0.2, 0.25) is 0 Å². The van der Waals surface area contributed by atoms with Gasteiger partial charge in [-0.2, -0.15) is 0 Å². The van der Waals surface area contributed by atoms with Gasteiger partial charge in [-0.05, 0) is 44.1 Å². The fourth-order valence-electron chi connectivity index (χ4n) is 3.71. The van der Waals surface area contributed by atoms with Gasteiger partial charge in [0.05, 0.1) is 6.26 Å². The van der Waals surface area contributed by atoms with E-state index in [-0.39, 0.29) is 6.04 Å². The Labute approximate surface area is 105 Å². The van der Waals surface area contributed by atoms with Crippen molar-refractivity contribution in [2.75, 3.05) is 12.8 Å². The molecule has 0 radical (unpaired) electrons. The average molecular weight is 260 g/mol. The van der Waals surface area contributed by atoms with Crippen molar-refractivity contribution in [2.24, 2.45) is 11.8 Å². The van der Waals surface area contributed by atoms with Crippen molar-refractivity contribution in [2.45, 2.75) is 51.1 Å². The van der Waals surface area contributed by atoms with Gasteiger partial charge in [0.15, 0.2) is 0 Å². The van der Waals surface area contributed by atoms with E-state index in [4.69, 9.17) is 0 Å². The molecule has 0 heterocycles. The Hall–Kier alpha value is -0.130. The second-order valence-corrected chi connectivity index (χ2v) is 7.37. The number of rotatable bonds is 4. The Morgan fingerprint density at radius 2 is 1.76 bits per heavy atom. The molecular weight excluding hydrogens is 236 g/mol. The van der Waals surface area contributed by atoms with E-state index in [1.165, 1.54) is 25.5 Å². The van der Waals surface area contributed by atoms with Crippen LogP contribution in [0.4, 0.5) is 0 Å². The lowest BCUT2D eigenvalue weighted by atomic mass is 9.67. The molecule has 0 aromatic heterocycles. The van der Waals surface area contributed by atoms with E-state index >= 15 is 0 Å². The molecule has 2 atom stereocenters. The predicted molar refractivity (Wildman–Crippen MR) is 69.3 cm³/mol.